The monoisotopic (exact) mass is 234 g/mol. The first-order chi connectivity index (χ1) is 8.16. The summed E-state index contributed by atoms with van der Waals surface area (Å²) < 4.78 is 6.94. The van der Waals surface area contributed by atoms with Crippen molar-refractivity contribution in [3.05, 3.63) is 41.6 Å². The number of rotatable bonds is 5. The molecule has 2 rings (SSSR count). The Morgan fingerprint density at radius 3 is 3.00 bits per heavy atom. The summed E-state index contributed by atoms with van der Waals surface area (Å²) in [5.74, 6) is -0.0499. The fourth-order valence-corrected chi connectivity index (χ4v) is 1.70. The molecule has 0 amide bonds. The van der Waals surface area contributed by atoms with Crippen molar-refractivity contribution in [2.75, 3.05) is 0 Å². The van der Waals surface area contributed by atoms with E-state index in [-0.39, 0.29) is 5.69 Å². The maximum absolute atomic E-state index is 10.7. The van der Waals surface area contributed by atoms with Gasteiger partial charge in [0.2, 0.25) is 0 Å². The molecule has 17 heavy (non-hydrogen) atoms. The van der Waals surface area contributed by atoms with Gasteiger partial charge in [0.05, 0.1) is 6.26 Å². The molecule has 1 N–H and O–H groups in total. The van der Waals surface area contributed by atoms with E-state index in [9.17, 15) is 4.79 Å². The molecular weight excluding hydrogens is 220 g/mol. The zero-order valence-corrected chi connectivity index (χ0v) is 9.59. The van der Waals surface area contributed by atoms with Crippen LogP contribution in [0.2, 0.25) is 0 Å². The first kappa shape index (κ1) is 11.4. The molecular formula is C12H14N2O3. The van der Waals surface area contributed by atoms with Crippen molar-refractivity contribution in [1.29, 1.82) is 0 Å². The van der Waals surface area contributed by atoms with Gasteiger partial charge in [-0.05, 0) is 31.5 Å². The average Bonchev–Trinajstić information content (AvgIpc) is 2.89. The Labute approximate surface area is 98.7 Å². The largest absolute Gasteiger partial charge is 0.476 e. The van der Waals surface area contributed by atoms with Gasteiger partial charge >= 0.3 is 5.97 Å². The highest BCUT2D eigenvalue weighted by atomic mass is 16.4. The number of aromatic carboxylic acids is 1. The number of furan rings is 1. The highest BCUT2D eigenvalue weighted by Gasteiger charge is 2.10. The van der Waals surface area contributed by atoms with Gasteiger partial charge in [0.15, 0.2) is 5.69 Å². The zero-order chi connectivity index (χ0) is 12.3. The van der Waals surface area contributed by atoms with Crippen LogP contribution in [0, 0.1) is 6.92 Å². The second kappa shape index (κ2) is 4.86. The SMILES string of the molecule is Cc1cc(C(=O)O)nn1CCCc1ccco1. The number of hydrogen-bond acceptors (Lipinski definition) is 3. The van der Waals surface area contributed by atoms with Gasteiger partial charge in [0.1, 0.15) is 5.76 Å². The Kier molecular flexibility index (Phi) is 3.27. The lowest BCUT2D eigenvalue weighted by Gasteiger charge is -2.02. The third-order valence-electron chi connectivity index (χ3n) is 2.57. The quantitative estimate of drug-likeness (QED) is 0.860. The summed E-state index contributed by atoms with van der Waals surface area (Å²) in [6.45, 7) is 2.55. The molecule has 2 heterocycles. The molecule has 0 saturated carbocycles. The maximum Gasteiger partial charge on any atom is 0.356 e. The lowest BCUT2D eigenvalue weighted by molar-refractivity contribution is 0.0689. The van der Waals surface area contributed by atoms with Crippen molar-refractivity contribution in [3.8, 4) is 0 Å². The van der Waals surface area contributed by atoms with Crippen molar-refractivity contribution >= 4 is 5.97 Å². The zero-order valence-electron chi connectivity index (χ0n) is 9.59. The van der Waals surface area contributed by atoms with Gasteiger partial charge in [-0.15, -0.1) is 0 Å². The molecule has 0 saturated heterocycles. The third kappa shape index (κ3) is 2.75. The molecule has 2 aromatic rings. The third-order valence-corrected chi connectivity index (χ3v) is 2.57. The Balaban J connectivity index is 1.92. The number of hydrogen-bond donors (Lipinski definition) is 1. The average molecular weight is 234 g/mol. The minimum absolute atomic E-state index is 0.0977. The van der Waals surface area contributed by atoms with E-state index in [0.29, 0.717) is 6.54 Å². The lowest BCUT2D eigenvalue weighted by atomic mass is 10.2. The summed E-state index contributed by atoms with van der Waals surface area (Å²) >= 11 is 0. The molecule has 0 aromatic carbocycles. The molecule has 2 aromatic heterocycles. The van der Waals surface area contributed by atoms with Crippen LogP contribution in [-0.2, 0) is 13.0 Å². The van der Waals surface area contributed by atoms with Gasteiger partial charge in [0, 0.05) is 18.7 Å². The molecule has 0 fully saturated rings. The Hall–Kier alpha value is -2.04. The van der Waals surface area contributed by atoms with Crippen LogP contribution in [0.25, 0.3) is 0 Å². The van der Waals surface area contributed by atoms with E-state index in [0.717, 1.165) is 24.3 Å². The molecule has 0 bridgehead atoms. The van der Waals surface area contributed by atoms with E-state index in [1.165, 1.54) is 0 Å². The van der Waals surface area contributed by atoms with Crippen LogP contribution in [0.15, 0.2) is 28.9 Å². The number of nitrogens with zero attached hydrogens (tertiary/aromatic N) is 2. The standard InChI is InChI=1S/C12H14N2O3/c1-9-8-11(12(15)16)13-14(9)6-2-4-10-5-3-7-17-10/h3,5,7-8H,2,4,6H2,1H3,(H,15,16). The minimum atomic E-state index is -0.988. The Morgan fingerprint density at radius 2 is 2.41 bits per heavy atom. The minimum Gasteiger partial charge on any atom is -0.476 e. The molecule has 0 aliphatic rings. The number of aryl methyl sites for hydroxylation is 3. The van der Waals surface area contributed by atoms with Gasteiger partial charge in [-0.3, -0.25) is 4.68 Å². The molecule has 0 atom stereocenters. The smallest absolute Gasteiger partial charge is 0.356 e. The Morgan fingerprint density at radius 1 is 1.59 bits per heavy atom. The van der Waals surface area contributed by atoms with Crippen molar-refractivity contribution < 1.29 is 14.3 Å². The van der Waals surface area contributed by atoms with Crippen molar-refractivity contribution in [1.82, 2.24) is 9.78 Å². The van der Waals surface area contributed by atoms with Crippen molar-refractivity contribution in [2.24, 2.45) is 0 Å². The fraction of sp³-hybridized carbons (Fsp3) is 0.333. The van der Waals surface area contributed by atoms with E-state index in [1.54, 1.807) is 17.0 Å². The highest BCUT2D eigenvalue weighted by Crippen LogP contribution is 2.07. The van der Waals surface area contributed by atoms with Gasteiger partial charge in [-0.25, -0.2) is 4.79 Å². The topological polar surface area (TPSA) is 68.3 Å². The first-order valence-electron chi connectivity index (χ1n) is 5.47. The molecule has 5 heteroatoms. The molecule has 5 nitrogen and oxygen atoms in total. The van der Waals surface area contributed by atoms with Crippen LogP contribution in [0.4, 0.5) is 0 Å². The molecule has 90 valence electrons. The maximum atomic E-state index is 10.7. The van der Waals surface area contributed by atoms with E-state index in [1.807, 2.05) is 19.1 Å². The Bertz CT molecular complexity index is 500. The van der Waals surface area contributed by atoms with E-state index in [2.05, 4.69) is 5.10 Å². The van der Waals surface area contributed by atoms with E-state index in [4.69, 9.17) is 9.52 Å². The summed E-state index contributed by atoms with van der Waals surface area (Å²) in [6, 6.07) is 5.37. The van der Waals surface area contributed by atoms with Crippen LogP contribution in [0.5, 0.6) is 0 Å². The molecule has 0 aliphatic carbocycles. The lowest BCUT2D eigenvalue weighted by Crippen LogP contribution is -2.05. The van der Waals surface area contributed by atoms with Crippen LogP contribution in [-0.4, -0.2) is 20.9 Å². The molecule has 0 unspecified atom stereocenters. The van der Waals surface area contributed by atoms with Gasteiger partial charge in [-0.2, -0.15) is 5.10 Å². The van der Waals surface area contributed by atoms with Gasteiger partial charge in [-0.1, -0.05) is 0 Å². The predicted octanol–water partition coefficient (Wildman–Crippen LogP) is 2.12. The van der Waals surface area contributed by atoms with Crippen LogP contribution < -0.4 is 0 Å². The summed E-state index contributed by atoms with van der Waals surface area (Å²) in [7, 11) is 0. The van der Waals surface area contributed by atoms with E-state index >= 15 is 0 Å². The molecule has 0 aliphatic heterocycles. The molecule has 0 spiro atoms. The van der Waals surface area contributed by atoms with Crippen molar-refractivity contribution in [2.45, 2.75) is 26.3 Å². The first-order valence-corrected chi connectivity index (χ1v) is 5.47. The number of aromatic nitrogens is 2. The van der Waals surface area contributed by atoms with Crippen LogP contribution in [0.3, 0.4) is 0 Å². The normalized spacial score (nSPS) is 10.6. The fourth-order valence-electron chi connectivity index (χ4n) is 1.70. The number of carboxylic acid groups (broad SMARTS) is 1. The summed E-state index contributed by atoms with van der Waals surface area (Å²) in [4.78, 5) is 10.7. The predicted molar refractivity (Wildman–Crippen MR) is 61.0 cm³/mol. The van der Waals surface area contributed by atoms with Gasteiger partial charge < -0.3 is 9.52 Å². The second-order valence-electron chi connectivity index (χ2n) is 3.88. The van der Waals surface area contributed by atoms with Crippen molar-refractivity contribution in [3.63, 3.8) is 0 Å². The second-order valence-corrected chi connectivity index (χ2v) is 3.88. The van der Waals surface area contributed by atoms with Crippen LogP contribution >= 0.6 is 0 Å². The van der Waals surface area contributed by atoms with E-state index < -0.39 is 5.97 Å². The molecule has 0 radical (unpaired) electrons. The van der Waals surface area contributed by atoms with Crippen LogP contribution in [0.1, 0.15) is 28.4 Å². The highest BCUT2D eigenvalue weighted by molar-refractivity contribution is 5.85. The number of carbonyl (C=O) groups is 1. The summed E-state index contributed by atoms with van der Waals surface area (Å²) in [6.07, 6.45) is 3.35. The summed E-state index contributed by atoms with van der Waals surface area (Å²) in [5, 5.41) is 12.8. The summed E-state index contributed by atoms with van der Waals surface area (Å²) in [5.41, 5.74) is 0.961. The van der Waals surface area contributed by atoms with Gasteiger partial charge in [0.25, 0.3) is 0 Å². The number of carboxylic acids is 1.